The van der Waals surface area contributed by atoms with Crippen LogP contribution < -0.4 is 4.90 Å². The highest BCUT2D eigenvalue weighted by atomic mass is 79.9. The number of nitrogens with zero attached hydrogens (tertiary/aromatic N) is 1. The smallest absolute Gasteiger partial charge is 0.299 e. The Bertz CT molecular complexity index is 581. The molecule has 0 N–H and O–H groups in total. The molecule has 2 aliphatic rings. The SMILES string of the molecule is O=C1C(=O)N(CC2(CBr)CCCC2)c2ccc(Cl)cc21. The van der Waals surface area contributed by atoms with E-state index in [-0.39, 0.29) is 5.41 Å². The van der Waals surface area contributed by atoms with Crippen molar-refractivity contribution < 1.29 is 9.59 Å². The van der Waals surface area contributed by atoms with Crippen LogP contribution in [0, 0.1) is 5.41 Å². The Hall–Kier alpha value is -0.870. The van der Waals surface area contributed by atoms with Gasteiger partial charge in [0.15, 0.2) is 0 Å². The minimum atomic E-state index is -0.440. The molecular weight excluding hydrogens is 342 g/mol. The molecule has 0 bridgehead atoms. The molecule has 1 saturated carbocycles. The van der Waals surface area contributed by atoms with E-state index in [1.807, 2.05) is 0 Å². The number of halogens is 2. The Kier molecular flexibility index (Phi) is 3.63. The molecule has 0 unspecified atom stereocenters. The fraction of sp³-hybridized carbons (Fsp3) is 0.467. The number of Topliss-reactive ketones (excluding diaryl/α,β-unsaturated/α-hetero) is 1. The van der Waals surface area contributed by atoms with Crippen molar-refractivity contribution in [2.75, 3.05) is 16.8 Å². The van der Waals surface area contributed by atoms with Gasteiger partial charge in [-0.15, -0.1) is 0 Å². The van der Waals surface area contributed by atoms with Gasteiger partial charge in [0.05, 0.1) is 11.3 Å². The van der Waals surface area contributed by atoms with Crippen LogP contribution in [0.25, 0.3) is 0 Å². The molecule has 1 fully saturated rings. The summed E-state index contributed by atoms with van der Waals surface area (Å²) in [5.41, 5.74) is 1.24. The first-order valence-electron chi connectivity index (χ1n) is 6.78. The molecule has 1 amide bonds. The van der Waals surface area contributed by atoms with Crippen LogP contribution in [0.4, 0.5) is 5.69 Å². The molecule has 1 aliphatic carbocycles. The lowest BCUT2D eigenvalue weighted by atomic mass is 9.88. The van der Waals surface area contributed by atoms with Crippen molar-refractivity contribution in [1.82, 2.24) is 0 Å². The van der Waals surface area contributed by atoms with Crippen LogP contribution >= 0.6 is 27.5 Å². The second kappa shape index (κ2) is 5.15. The Morgan fingerprint density at radius 2 is 1.95 bits per heavy atom. The number of rotatable bonds is 3. The van der Waals surface area contributed by atoms with Gasteiger partial charge in [-0.25, -0.2) is 0 Å². The lowest BCUT2D eigenvalue weighted by Gasteiger charge is -2.31. The Morgan fingerprint density at radius 1 is 1.25 bits per heavy atom. The first-order chi connectivity index (χ1) is 9.56. The number of fused-ring (bicyclic) bond motifs is 1. The fourth-order valence-corrected chi connectivity index (χ4v) is 4.13. The zero-order valence-corrected chi connectivity index (χ0v) is 13.3. The van der Waals surface area contributed by atoms with E-state index < -0.39 is 11.7 Å². The summed E-state index contributed by atoms with van der Waals surface area (Å²) in [5, 5.41) is 1.35. The summed E-state index contributed by atoms with van der Waals surface area (Å²) in [6.45, 7) is 0.609. The zero-order valence-electron chi connectivity index (χ0n) is 11.0. The topological polar surface area (TPSA) is 37.4 Å². The van der Waals surface area contributed by atoms with E-state index in [9.17, 15) is 9.59 Å². The van der Waals surface area contributed by atoms with Gasteiger partial charge in [-0.2, -0.15) is 0 Å². The van der Waals surface area contributed by atoms with Crippen LogP contribution in [-0.4, -0.2) is 23.6 Å². The number of amides is 1. The van der Waals surface area contributed by atoms with Crippen molar-refractivity contribution in [2.45, 2.75) is 25.7 Å². The Morgan fingerprint density at radius 3 is 2.60 bits per heavy atom. The van der Waals surface area contributed by atoms with E-state index in [1.165, 1.54) is 12.8 Å². The second-order valence-electron chi connectivity index (χ2n) is 5.72. The summed E-state index contributed by atoms with van der Waals surface area (Å²) in [4.78, 5) is 25.9. The van der Waals surface area contributed by atoms with Crippen LogP contribution in [0.2, 0.25) is 5.02 Å². The average Bonchev–Trinajstić information content (AvgIpc) is 3.00. The first-order valence-corrected chi connectivity index (χ1v) is 8.28. The van der Waals surface area contributed by atoms with Gasteiger partial charge < -0.3 is 4.90 Å². The average molecular weight is 357 g/mol. The van der Waals surface area contributed by atoms with Gasteiger partial charge in [-0.1, -0.05) is 40.4 Å². The summed E-state index contributed by atoms with van der Waals surface area (Å²) in [5.74, 6) is -0.861. The molecule has 0 saturated heterocycles. The van der Waals surface area contributed by atoms with Crippen molar-refractivity contribution in [3.63, 3.8) is 0 Å². The lowest BCUT2D eigenvalue weighted by Crippen LogP contribution is -2.40. The van der Waals surface area contributed by atoms with Gasteiger partial charge in [-0.3, -0.25) is 9.59 Å². The summed E-state index contributed by atoms with van der Waals surface area (Å²) in [6, 6.07) is 5.10. The largest absolute Gasteiger partial charge is 0.304 e. The van der Waals surface area contributed by atoms with E-state index in [0.717, 1.165) is 18.2 Å². The van der Waals surface area contributed by atoms with Crippen molar-refractivity contribution >= 4 is 44.9 Å². The van der Waals surface area contributed by atoms with Crippen LogP contribution in [0.15, 0.2) is 18.2 Å². The highest BCUT2D eigenvalue weighted by Gasteiger charge is 2.42. The fourth-order valence-electron chi connectivity index (χ4n) is 3.22. The van der Waals surface area contributed by atoms with Crippen molar-refractivity contribution in [2.24, 2.45) is 5.41 Å². The molecule has 1 heterocycles. The van der Waals surface area contributed by atoms with E-state index >= 15 is 0 Å². The molecule has 20 heavy (non-hydrogen) atoms. The maximum absolute atomic E-state index is 12.2. The molecule has 3 rings (SSSR count). The number of benzene rings is 1. The molecule has 5 heteroatoms. The predicted octanol–water partition coefficient (Wildman–Crippen LogP) is 3.82. The standard InChI is InChI=1S/C15H15BrClNO2/c16-8-15(5-1-2-6-15)9-18-12-4-3-10(17)7-11(12)13(19)14(18)20/h3-4,7H,1-2,5-6,8-9H2. The van der Waals surface area contributed by atoms with Crippen molar-refractivity contribution in [1.29, 1.82) is 0 Å². The van der Waals surface area contributed by atoms with E-state index in [4.69, 9.17) is 11.6 Å². The molecule has 0 atom stereocenters. The van der Waals surface area contributed by atoms with Crippen LogP contribution in [0.1, 0.15) is 36.0 Å². The molecule has 1 aliphatic heterocycles. The number of ketones is 1. The predicted molar refractivity (Wildman–Crippen MR) is 82.8 cm³/mol. The first kappa shape index (κ1) is 14.1. The highest BCUT2D eigenvalue weighted by Crippen LogP contribution is 2.43. The monoisotopic (exact) mass is 355 g/mol. The maximum Gasteiger partial charge on any atom is 0.299 e. The normalized spacial score (nSPS) is 20.6. The minimum Gasteiger partial charge on any atom is -0.304 e. The van der Waals surface area contributed by atoms with Crippen molar-refractivity contribution in [3.8, 4) is 0 Å². The molecular formula is C15H15BrClNO2. The third kappa shape index (κ3) is 2.19. The molecule has 1 aromatic carbocycles. The van der Waals surface area contributed by atoms with E-state index in [1.54, 1.807) is 23.1 Å². The number of hydrogen-bond acceptors (Lipinski definition) is 2. The van der Waals surface area contributed by atoms with E-state index in [0.29, 0.717) is 22.8 Å². The summed E-state index contributed by atoms with van der Waals surface area (Å²) < 4.78 is 0. The molecule has 0 aromatic heterocycles. The number of carbonyl (C=O) groups is 2. The molecule has 0 radical (unpaired) electrons. The third-order valence-electron chi connectivity index (χ3n) is 4.37. The van der Waals surface area contributed by atoms with Gasteiger partial charge in [0.2, 0.25) is 0 Å². The number of hydrogen-bond donors (Lipinski definition) is 0. The summed E-state index contributed by atoms with van der Waals surface area (Å²) >= 11 is 9.50. The van der Waals surface area contributed by atoms with Crippen LogP contribution in [0.3, 0.4) is 0 Å². The highest BCUT2D eigenvalue weighted by molar-refractivity contribution is 9.09. The summed E-state index contributed by atoms with van der Waals surface area (Å²) in [7, 11) is 0. The van der Waals surface area contributed by atoms with Gasteiger partial charge in [0, 0.05) is 16.9 Å². The second-order valence-corrected chi connectivity index (χ2v) is 6.72. The molecule has 106 valence electrons. The van der Waals surface area contributed by atoms with Crippen molar-refractivity contribution in [3.05, 3.63) is 28.8 Å². The van der Waals surface area contributed by atoms with E-state index in [2.05, 4.69) is 15.9 Å². The minimum absolute atomic E-state index is 0.0944. The van der Waals surface area contributed by atoms with Crippen LogP contribution in [0.5, 0.6) is 0 Å². The number of anilines is 1. The van der Waals surface area contributed by atoms with Gasteiger partial charge in [0.25, 0.3) is 11.7 Å². The number of alkyl halides is 1. The van der Waals surface area contributed by atoms with Gasteiger partial charge in [0.1, 0.15) is 0 Å². The number of carbonyl (C=O) groups excluding carboxylic acids is 2. The molecule has 1 aromatic rings. The Balaban J connectivity index is 1.95. The maximum atomic E-state index is 12.2. The van der Waals surface area contributed by atoms with Gasteiger partial charge >= 0.3 is 0 Å². The molecule has 0 spiro atoms. The van der Waals surface area contributed by atoms with Crippen LogP contribution in [-0.2, 0) is 4.79 Å². The third-order valence-corrected chi connectivity index (χ3v) is 5.80. The summed E-state index contributed by atoms with van der Waals surface area (Å²) in [6.07, 6.45) is 4.57. The zero-order chi connectivity index (χ0) is 14.3. The Labute approximate surface area is 131 Å². The van der Waals surface area contributed by atoms with Gasteiger partial charge in [-0.05, 0) is 36.5 Å². The lowest BCUT2D eigenvalue weighted by molar-refractivity contribution is -0.114. The quantitative estimate of drug-likeness (QED) is 0.610. The molecule has 3 nitrogen and oxygen atoms in total.